The molecule has 5 rings (SSSR count). The molecule has 4 aromatic rings. The number of aliphatic hydroxyl groups excluding tert-OH is 1. The standard InChI is InChI=1S/C34H30N2O8S/c1-4-17-43-33(41)31-20(3)35-34(45-31)36-28(23-13-16-25(37)26(18-23)42-5-2)27(30(39)32(36)40)29(38)22-11-14-24(15-12-22)44-19-21-9-7-6-8-10-21/h4,6-16,18,28,37-38H,1,5,17,19H2,2-3H3/b29-27+. The number of aromatic hydroxyl groups is 1. The van der Waals surface area contributed by atoms with Crippen LogP contribution < -0.4 is 14.4 Å². The number of phenolic OH excluding ortho intramolecular Hbond substituents is 1. The number of aliphatic hydroxyl groups is 1. The van der Waals surface area contributed by atoms with Crippen LogP contribution >= 0.6 is 11.3 Å². The fourth-order valence-corrected chi connectivity index (χ4v) is 5.78. The number of carbonyl (C=O) groups excluding carboxylic acids is 3. The van der Waals surface area contributed by atoms with Crippen LogP contribution in [0.25, 0.3) is 5.76 Å². The second kappa shape index (κ2) is 13.5. The fourth-order valence-electron chi connectivity index (χ4n) is 4.80. The zero-order chi connectivity index (χ0) is 32.1. The van der Waals surface area contributed by atoms with E-state index in [4.69, 9.17) is 14.2 Å². The summed E-state index contributed by atoms with van der Waals surface area (Å²) < 4.78 is 16.6. The van der Waals surface area contributed by atoms with Gasteiger partial charge in [-0.15, -0.1) is 0 Å². The van der Waals surface area contributed by atoms with Crippen molar-refractivity contribution in [2.24, 2.45) is 0 Å². The number of Topliss-reactive ketones (excluding diaryl/α,β-unsaturated/α-hetero) is 1. The number of carbonyl (C=O) groups is 3. The minimum atomic E-state index is -1.17. The summed E-state index contributed by atoms with van der Waals surface area (Å²) in [5.41, 5.74) is 1.73. The van der Waals surface area contributed by atoms with Gasteiger partial charge in [0, 0.05) is 5.56 Å². The van der Waals surface area contributed by atoms with Gasteiger partial charge in [-0.3, -0.25) is 14.5 Å². The lowest BCUT2D eigenvalue weighted by atomic mass is 9.95. The van der Waals surface area contributed by atoms with Gasteiger partial charge >= 0.3 is 11.9 Å². The molecule has 2 N–H and O–H groups in total. The number of ether oxygens (including phenoxy) is 3. The van der Waals surface area contributed by atoms with Gasteiger partial charge in [-0.25, -0.2) is 9.78 Å². The second-order valence-corrected chi connectivity index (χ2v) is 10.9. The molecule has 45 heavy (non-hydrogen) atoms. The van der Waals surface area contributed by atoms with Crippen molar-refractivity contribution in [3.63, 3.8) is 0 Å². The van der Waals surface area contributed by atoms with Crippen molar-refractivity contribution >= 4 is 39.9 Å². The lowest BCUT2D eigenvalue weighted by Crippen LogP contribution is -2.29. The minimum Gasteiger partial charge on any atom is -0.507 e. The first kappa shape index (κ1) is 31.0. The van der Waals surface area contributed by atoms with E-state index in [1.54, 1.807) is 38.1 Å². The van der Waals surface area contributed by atoms with E-state index in [0.29, 0.717) is 23.6 Å². The molecule has 0 radical (unpaired) electrons. The summed E-state index contributed by atoms with van der Waals surface area (Å²) in [5, 5.41) is 21.9. The maximum atomic E-state index is 13.6. The normalized spacial score (nSPS) is 15.6. The predicted octanol–water partition coefficient (Wildman–Crippen LogP) is 6.10. The number of aromatic nitrogens is 1. The molecule has 230 valence electrons. The Labute approximate surface area is 263 Å². The molecular formula is C34H30N2O8S. The lowest BCUT2D eigenvalue weighted by molar-refractivity contribution is -0.132. The Morgan fingerprint density at radius 3 is 2.49 bits per heavy atom. The Balaban J connectivity index is 1.57. The molecule has 1 atom stereocenters. The average Bonchev–Trinajstić information content (AvgIpc) is 3.56. The third-order valence-corrected chi connectivity index (χ3v) is 8.07. The number of thiazole rings is 1. The molecule has 3 aromatic carbocycles. The molecule has 1 unspecified atom stereocenters. The van der Waals surface area contributed by atoms with Crippen molar-refractivity contribution in [1.82, 2.24) is 4.98 Å². The van der Waals surface area contributed by atoms with Gasteiger partial charge in [0.25, 0.3) is 5.78 Å². The second-order valence-electron chi connectivity index (χ2n) is 9.93. The van der Waals surface area contributed by atoms with Crippen molar-refractivity contribution in [2.45, 2.75) is 26.5 Å². The minimum absolute atomic E-state index is 0.0141. The average molecular weight is 627 g/mol. The first-order valence-corrected chi connectivity index (χ1v) is 14.8. The number of aryl methyl sites for hydroxylation is 1. The summed E-state index contributed by atoms with van der Waals surface area (Å²) in [6.45, 7) is 7.45. The summed E-state index contributed by atoms with van der Waals surface area (Å²) in [5.74, 6) is -2.43. The Morgan fingerprint density at radius 1 is 1.07 bits per heavy atom. The molecule has 0 aliphatic carbocycles. The van der Waals surface area contributed by atoms with E-state index in [1.807, 2.05) is 30.3 Å². The SMILES string of the molecule is C=CCOC(=O)c1sc(N2C(=O)C(=O)/C(=C(/O)c3ccc(OCc4ccccc4)cc3)C2c2ccc(O)c(OCC)c2)nc1C. The highest BCUT2D eigenvalue weighted by molar-refractivity contribution is 7.17. The summed E-state index contributed by atoms with van der Waals surface area (Å²) in [6.07, 6.45) is 1.43. The summed E-state index contributed by atoms with van der Waals surface area (Å²) >= 11 is 0.884. The van der Waals surface area contributed by atoms with Gasteiger partial charge in [-0.2, -0.15) is 0 Å². The number of benzene rings is 3. The van der Waals surface area contributed by atoms with Crippen molar-refractivity contribution in [3.05, 3.63) is 118 Å². The van der Waals surface area contributed by atoms with E-state index >= 15 is 0 Å². The molecule has 0 bridgehead atoms. The topological polar surface area (TPSA) is 135 Å². The van der Waals surface area contributed by atoms with Crippen molar-refractivity contribution in [3.8, 4) is 17.2 Å². The van der Waals surface area contributed by atoms with Gasteiger partial charge in [-0.1, -0.05) is 60.4 Å². The number of hydrogen-bond acceptors (Lipinski definition) is 10. The van der Waals surface area contributed by atoms with Gasteiger partial charge in [0.1, 0.15) is 29.6 Å². The molecular weight excluding hydrogens is 596 g/mol. The highest BCUT2D eigenvalue weighted by atomic mass is 32.1. The number of amides is 1. The zero-order valence-corrected chi connectivity index (χ0v) is 25.4. The third-order valence-electron chi connectivity index (χ3n) is 6.93. The monoisotopic (exact) mass is 626 g/mol. The van der Waals surface area contributed by atoms with Crippen LogP contribution in [0.1, 0.15) is 45.0 Å². The number of ketones is 1. The van der Waals surface area contributed by atoms with Crippen LogP contribution in [0.2, 0.25) is 0 Å². The predicted molar refractivity (Wildman–Crippen MR) is 169 cm³/mol. The lowest BCUT2D eigenvalue weighted by Gasteiger charge is -2.23. The van der Waals surface area contributed by atoms with Gasteiger partial charge in [0.05, 0.1) is 23.9 Å². The summed E-state index contributed by atoms with van der Waals surface area (Å²) in [7, 11) is 0. The molecule has 11 heteroatoms. The number of anilines is 1. The van der Waals surface area contributed by atoms with E-state index in [-0.39, 0.29) is 45.9 Å². The Morgan fingerprint density at radius 2 is 1.80 bits per heavy atom. The van der Waals surface area contributed by atoms with E-state index in [0.717, 1.165) is 21.8 Å². The molecule has 0 spiro atoms. The fraction of sp³-hybridized carbons (Fsp3) is 0.176. The van der Waals surface area contributed by atoms with Crippen LogP contribution in [-0.2, 0) is 20.9 Å². The number of esters is 1. The summed E-state index contributed by atoms with van der Waals surface area (Å²) in [4.78, 5) is 45.6. The Hall–Kier alpha value is -5.42. The van der Waals surface area contributed by atoms with E-state index in [9.17, 15) is 24.6 Å². The third kappa shape index (κ3) is 6.43. The Bertz CT molecular complexity index is 1780. The number of hydrogen-bond donors (Lipinski definition) is 2. The van der Waals surface area contributed by atoms with Gasteiger partial charge in [-0.05, 0) is 61.4 Å². The quantitative estimate of drug-likeness (QED) is 0.0665. The number of phenols is 1. The molecule has 1 fully saturated rings. The maximum absolute atomic E-state index is 13.6. The number of nitrogens with zero attached hydrogens (tertiary/aromatic N) is 2. The van der Waals surface area contributed by atoms with Crippen LogP contribution in [0, 0.1) is 6.92 Å². The molecule has 1 aliphatic heterocycles. The first-order chi connectivity index (χ1) is 21.7. The van der Waals surface area contributed by atoms with Crippen LogP contribution in [-0.4, -0.2) is 46.1 Å². The Kier molecular flexibility index (Phi) is 9.29. The molecule has 1 saturated heterocycles. The maximum Gasteiger partial charge on any atom is 0.350 e. The zero-order valence-electron chi connectivity index (χ0n) is 24.6. The highest BCUT2D eigenvalue weighted by Gasteiger charge is 2.48. The molecule has 2 heterocycles. The molecule has 1 aromatic heterocycles. The highest BCUT2D eigenvalue weighted by Crippen LogP contribution is 2.45. The van der Waals surface area contributed by atoms with Crippen molar-refractivity contribution < 1.29 is 38.8 Å². The largest absolute Gasteiger partial charge is 0.507 e. The molecule has 0 saturated carbocycles. The van der Waals surface area contributed by atoms with E-state index in [2.05, 4.69) is 11.6 Å². The molecule has 10 nitrogen and oxygen atoms in total. The van der Waals surface area contributed by atoms with Crippen LogP contribution in [0.3, 0.4) is 0 Å². The van der Waals surface area contributed by atoms with Crippen LogP contribution in [0.5, 0.6) is 17.2 Å². The van der Waals surface area contributed by atoms with Crippen molar-refractivity contribution in [2.75, 3.05) is 18.1 Å². The first-order valence-electron chi connectivity index (χ1n) is 14.0. The number of rotatable bonds is 11. The van der Waals surface area contributed by atoms with Gasteiger partial charge in [0.2, 0.25) is 0 Å². The summed E-state index contributed by atoms with van der Waals surface area (Å²) in [6, 6.07) is 19.3. The van der Waals surface area contributed by atoms with Gasteiger partial charge in [0.15, 0.2) is 16.6 Å². The van der Waals surface area contributed by atoms with Crippen LogP contribution in [0.4, 0.5) is 5.13 Å². The van der Waals surface area contributed by atoms with E-state index in [1.165, 1.54) is 24.3 Å². The molecule has 1 amide bonds. The molecule has 1 aliphatic rings. The smallest absolute Gasteiger partial charge is 0.350 e. The van der Waals surface area contributed by atoms with E-state index < -0.39 is 29.5 Å². The van der Waals surface area contributed by atoms with Crippen molar-refractivity contribution in [1.29, 1.82) is 0 Å². The van der Waals surface area contributed by atoms with Gasteiger partial charge < -0.3 is 24.4 Å². The van der Waals surface area contributed by atoms with Crippen LogP contribution in [0.15, 0.2) is 91.0 Å².